The molecule has 0 bridgehead atoms. The third-order valence-corrected chi connectivity index (χ3v) is 5.07. The van der Waals surface area contributed by atoms with Gasteiger partial charge in [0.25, 0.3) is 5.56 Å². The van der Waals surface area contributed by atoms with Crippen molar-refractivity contribution in [3.05, 3.63) is 43.8 Å². The minimum atomic E-state index is -0.765. The maximum absolute atomic E-state index is 12.7. The van der Waals surface area contributed by atoms with Gasteiger partial charge in [-0.25, -0.2) is 9.59 Å². The second kappa shape index (κ2) is 11.5. The molecule has 2 aromatic rings. The number of urea groups is 1. The fourth-order valence-electron chi connectivity index (χ4n) is 2.52. The highest BCUT2D eigenvalue weighted by atomic mass is 32.1. The number of nitrogens with one attached hydrogen (secondary N) is 3. The van der Waals surface area contributed by atoms with Crippen molar-refractivity contribution in [2.24, 2.45) is 0 Å². The Morgan fingerprint density at radius 3 is 2.52 bits per heavy atom. The SMILES string of the molecule is CCOC(=O)C(C#N)=c1sc(=CNc2ccc(NC(=O)NCCO)cc2)c(=O)n1CC. The summed E-state index contributed by atoms with van der Waals surface area (Å²) in [7, 11) is 0. The summed E-state index contributed by atoms with van der Waals surface area (Å²) in [6.07, 6.45) is 1.50. The molecule has 0 aliphatic carbocycles. The van der Waals surface area contributed by atoms with Crippen molar-refractivity contribution >= 4 is 46.5 Å². The second-order valence-electron chi connectivity index (χ2n) is 6.00. The third-order valence-electron chi connectivity index (χ3n) is 3.94. The number of nitrogens with zero attached hydrogens (tertiary/aromatic N) is 2. The van der Waals surface area contributed by atoms with Crippen molar-refractivity contribution in [1.29, 1.82) is 5.26 Å². The number of ether oxygens (including phenoxy) is 1. The number of rotatable bonds is 8. The molecule has 11 heteroatoms. The fraction of sp³-hybridized carbons (Fsp3) is 0.300. The van der Waals surface area contributed by atoms with E-state index in [1.165, 1.54) is 10.8 Å². The number of carbonyl (C=O) groups excluding carboxylic acids is 2. The van der Waals surface area contributed by atoms with E-state index in [1.54, 1.807) is 38.1 Å². The Labute approximate surface area is 182 Å². The quantitative estimate of drug-likeness (QED) is 0.423. The van der Waals surface area contributed by atoms with Gasteiger partial charge in [0.15, 0.2) is 5.57 Å². The zero-order valence-electron chi connectivity index (χ0n) is 17.1. The van der Waals surface area contributed by atoms with Gasteiger partial charge in [-0.2, -0.15) is 5.26 Å². The zero-order valence-corrected chi connectivity index (χ0v) is 17.9. The molecule has 0 radical (unpaired) electrons. The Morgan fingerprint density at radius 1 is 1.26 bits per heavy atom. The van der Waals surface area contributed by atoms with Crippen LogP contribution in [0.2, 0.25) is 0 Å². The van der Waals surface area contributed by atoms with Gasteiger partial charge in [0.05, 0.1) is 13.2 Å². The summed E-state index contributed by atoms with van der Waals surface area (Å²) in [5.41, 5.74) is 0.676. The number of hydrogen-bond donors (Lipinski definition) is 4. The van der Waals surface area contributed by atoms with E-state index in [-0.39, 0.29) is 35.6 Å². The van der Waals surface area contributed by atoms with Gasteiger partial charge in [-0.1, -0.05) is 0 Å². The van der Waals surface area contributed by atoms with Crippen molar-refractivity contribution in [3.8, 4) is 6.07 Å². The predicted octanol–water partition coefficient (Wildman–Crippen LogP) is 0.131. The molecule has 31 heavy (non-hydrogen) atoms. The van der Waals surface area contributed by atoms with E-state index in [4.69, 9.17) is 9.84 Å². The van der Waals surface area contributed by atoms with Gasteiger partial charge in [0.2, 0.25) is 0 Å². The molecular formula is C20H23N5O5S. The van der Waals surface area contributed by atoms with E-state index in [1.807, 2.05) is 6.07 Å². The first-order valence-corrected chi connectivity index (χ1v) is 10.3. The molecule has 0 fully saturated rings. The molecule has 0 atom stereocenters. The zero-order chi connectivity index (χ0) is 22.8. The van der Waals surface area contributed by atoms with E-state index in [0.29, 0.717) is 22.5 Å². The molecule has 164 valence electrons. The van der Waals surface area contributed by atoms with E-state index in [9.17, 15) is 19.6 Å². The lowest BCUT2D eigenvalue weighted by Gasteiger charge is -2.07. The number of aromatic nitrogens is 1. The van der Waals surface area contributed by atoms with E-state index in [0.717, 1.165) is 11.3 Å². The minimum Gasteiger partial charge on any atom is -0.462 e. The number of amides is 2. The molecule has 0 aliphatic rings. The number of benzene rings is 1. The Balaban J connectivity index is 2.28. The summed E-state index contributed by atoms with van der Waals surface area (Å²) >= 11 is 1.02. The van der Waals surface area contributed by atoms with Gasteiger partial charge >= 0.3 is 12.0 Å². The molecule has 0 unspecified atom stereocenters. The molecule has 2 rings (SSSR count). The van der Waals surface area contributed by atoms with Crippen LogP contribution in [-0.2, 0) is 16.1 Å². The molecular weight excluding hydrogens is 422 g/mol. The number of nitriles is 1. The Kier molecular flexibility index (Phi) is 8.80. The van der Waals surface area contributed by atoms with Gasteiger partial charge in [-0.05, 0) is 38.1 Å². The number of anilines is 2. The number of carbonyl (C=O) groups is 2. The smallest absolute Gasteiger partial charge is 0.351 e. The van der Waals surface area contributed by atoms with Crippen LogP contribution in [0, 0.1) is 11.3 Å². The summed E-state index contributed by atoms with van der Waals surface area (Å²) in [6, 6.07) is 8.15. The maximum Gasteiger partial charge on any atom is 0.351 e. The van der Waals surface area contributed by atoms with Gasteiger partial charge in [0.1, 0.15) is 15.3 Å². The lowest BCUT2D eigenvalue weighted by atomic mass is 10.3. The van der Waals surface area contributed by atoms with Crippen molar-refractivity contribution in [2.45, 2.75) is 20.4 Å². The maximum atomic E-state index is 12.7. The topological polar surface area (TPSA) is 145 Å². The highest BCUT2D eigenvalue weighted by molar-refractivity contribution is 7.07. The molecule has 2 amide bonds. The standard InChI is InChI=1S/C20H23N5O5S/c1-3-25-17(27)16(31-18(25)15(11-21)19(28)30-4-2)12-23-13-5-7-14(8-6-13)24-20(29)22-9-10-26/h5-8,12,23,26H,3-4,9-10H2,1-2H3,(H2,22,24,29). The fourth-order valence-corrected chi connectivity index (χ4v) is 3.60. The molecule has 0 saturated carbocycles. The lowest BCUT2D eigenvalue weighted by molar-refractivity contribution is -0.136. The van der Waals surface area contributed by atoms with Gasteiger partial charge in [0, 0.05) is 30.7 Å². The number of thiazole rings is 1. The van der Waals surface area contributed by atoms with Crippen molar-refractivity contribution < 1.29 is 19.4 Å². The Hall–Kier alpha value is -3.62. The first kappa shape index (κ1) is 23.7. The molecule has 0 spiro atoms. The molecule has 4 N–H and O–H groups in total. The van der Waals surface area contributed by atoms with Crippen LogP contribution in [0.1, 0.15) is 13.8 Å². The van der Waals surface area contributed by atoms with Crippen molar-refractivity contribution in [2.75, 3.05) is 30.4 Å². The molecule has 1 aromatic heterocycles. The first-order chi connectivity index (χ1) is 14.9. The average Bonchev–Trinajstić information content (AvgIpc) is 3.07. The first-order valence-electron chi connectivity index (χ1n) is 9.48. The summed E-state index contributed by atoms with van der Waals surface area (Å²) < 4.78 is 6.82. The largest absolute Gasteiger partial charge is 0.462 e. The number of aliphatic hydroxyl groups excluding tert-OH is 1. The molecule has 0 aliphatic heterocycles. The molecule has 1 aromatic carbocycles. The molecule has 0 saturated heterocycles. The Bertz CT molecular complexity index is 1140. The van der Waals surface area contributed by atoms with Crippen LogP contribution in [0.4, 0.5) is 16.2 Å². The van der Waals surface area contributed by atoms with Crippen LogP contribution in [0.5, 0.6) is 0 Å². The van der Waals surface area contributed by atoms with Gasteiger partial charge in [-0.15, -0.1) is 11.3 Å². The minimum absolute atomic E-state index is 0.125. The van der Waals surface area contributed by atoms with Crippen LogP contribution < -0.4 is 30.7 Å². The summed E-state index contributed by atoms with van der Waals surface area (Å²) in [5.74, 6) is -0.765. The highest BCUT2D eigenvalue weighted by Crippen LogP contribution is 2.13. The monoisotopic (exact) mass is 445 g/mol. The van der Waals surface area contributed by atoms with Crippen LogP contribution in [0.3, 0.4) is 0 Å². The van der Waals surface area contributed by atoms with Crippen LogP contribution >= 0.6 is 11.3 Å². The van der Waals surface area contributed by atoms with E-state index < -0.39 is 12.0 Å². The number of esters is 1. The predicted molar refractivity (Wildman–Crippen MR) is 118 cm³/mol. The normalized spacial score (nSPS) is 12.0. The molecule has 1 heterocycles. The summed E-state index contributed by atoms with van der Waals surface area (Å²) in [4.78, 5) is 36.3. The summed E-state index contributed by atoms with van der Waals surface area (Å²) in [5, 5.41) is 26.2. The van der Waals surface area contributed by atoms with Crippen LogP contribution in [0.25, 0.3) is 11.8 Å². The second-order valence-corrected chi connectivity index (χ2v) is 7.03. The van der Waals surface area contributed by atoms with E-state index >= 15 is 0 Å². The van der Waals surface area contributed by atoms with Crippen molar-refractivity contribution in [3.63, 3.8) is 0 Å². The number of hydrogen-bond acceptors (Lipinski definition) is 8. The lowest BCUT2D eigenvalue weighted by Crippen LogP contribution is -2.32. The summed E-state index contributed by atoms with van der Waals surface area (Å²) in [6.45, 7) is 3.81. The van der Waals surface area contributed by atoms with E-state index in [2.05, 4.69) is 16.0 Å². The Morgan fingerprint density at radius 2 is 1.94 bits per heavy atom. The molecule has 10 nitrogen and oxygen atoms in total. The highest BCUT2D eigenvalue weighted by Gasteiger charge is 2.16. The number of aliphatic hydroxyl groups is 1. The van der Waals surface area contributed by atoms with Crippen LogP contribution in [-0.4, -0.2) is 41.4 Å². The van der Waals surface area contributed by atoms with Gasteiger partial charge in [-0.3, -0.25) is 9.36 Å². The van der Waals surface area contributed by atoms with Crippen LogP contribution in [0.15, 0.2) is 29.1 Å². The van der Waals surface area contributed by atoms with Crippen molar-refractivity contribution in [1.82, 2.24) is 9.88 Å². The average molecular weight is 446 g/mol. The van der Waals surface area contributed by atoms with Gasteiger partial charge < -0.3 is 25.8 Å². The third kappa shape index (κ3) is 6.18.